The molecule has 3 atom stereocenters. The number of rotatable bonds is 5. The van der Waals surface area contributed by atoms with Crippen molar-refractivity contribution < 1.29 is 27.8 Å². The van der Waals surface area contributed by atoms with Gasteiger partial charge in [-0.2, -0.15) is 13.2 Å². The van der Waals surface area contributed by atoms with E-state index in [1.54, 1.807) is 18.2 Å². The molecule has 0 bridgehead atoms. The van der Waals surface area contributed by atoms with Crippen LogP contribution in [0, 0.1) is 6.92 Å². The van der Waals surface area contributed by atoms with Gasteiger partial charge >= 0.3 is 12.2 Å². The van der Waals surface area contributed by atoms with Gasteiger partial charge in [-0.1, -0.05) is 25.9 Å². The summed E-state index contributed by atoms with van der Waals surface area (Å²) in [4.78, 5) is 4.75. The first-order chi connectivity index (χ1) is 16.3. The van der Waals surface area contributed by atoms with E-state index in [-0.39, 0.29) is 17.9 Å². The lowest BCUT2D eigenvalue weighted by Crippen LogP contribution is -2.37. The van der Waals surface area contributed by atoms with Crippen LogP contribution in [0.3, 0.4) is 0 Å². The van der Waals surface area contributed by atoms with Gasteiger partial charge in [0.1, 0.15) is 12.2 Å². The van der Waals surface area contributed by atoms with Gasteiger partial charge in [0, 0.05) is 17.1 Å². The molecule has 0 unspecified atom stereocenters. The van der Waals surface area contributed by atoms with Crippen LogP contribution in [0.5, 0.6) is 0 Å². The summed E-state index contributed by atoms with van der Waals surface area (Å²) in [6.45, 7) is 6.65. The number of aromatic nitrogens is 3. The molecule has 0 saturated heterocycles. The lowest BCUT2D eigenvalue weighted by Gasteiger charge is -2.29. The predicted octanol–water partition coefficient (Wildman–Crippen LogP) is 4.55. The predicted molar refractivity (Wildman–Crippen MR) is 126 cm³/mol. The summed E-state index contributed by atoms with van der Waals surface area (Å²) < 4.78 is 44.1. The van der Waals surface area contributed by atoms with Crippen molar-refractivity contribution in [2.45, 2.75) is 76.8 Å². The number of fused-ring (bicyclic) bond motifs is 1. The standard InChI is InChI=1S/C24H30F3N5O3/c1-12-5-19(21-31-32-22(35-21)29-14-6-15(33)10-16(34)7-14)30-20-17(12)8-13(28-11-24(25,26)27)9-18(20)23(2,3)4/h5,8-9,14-16,28,33-34H,6-7,10-11H2,1-4H3,(H,29,32)/t14-,15+,16-. The molecule has 8 nitrogen and oxygen atoms in total. The van der Waals surface area contributed by atoms with E-state index >= 15 is 0 Å². The summed E-state index contributed by atoms with van der Waals surface area (Å²) in [5, 5.41) is 34.2. The molecule has 11 heteroatoms. The van der Waals surface area contributed by atoms with Crippen molar-refractivity contribution in [3.8, 4) is 11.6 Å². The first-order valence-electron chi connectivity index (χ1n) is 11.5. The Bertz CT molecular complexity index is 1200. The molecule has 1 saturated carbocycles. The molecule has 3 aromatic rings. The zero-order chi connectivity index (χ0) is 25.5. The second kappa shape index (κ2) is 9.27. The topological polar surface area (TPSA) is 116 Å². The summed E-state index contributed by atoms with van der Waals surface area (Å²) in [5.74, 6) is 0.188. The van der Waals surface area contributed by atoms with Gasteiger partial charge in [-0.3, -0.25) is 0 Å². The molecule has 0 aliphatic heterocycles. The van der Waals surface area contributed by atoms with E-state index < -0.39 is 30.3 Å². The van der Waals surface area contributed by atoms with Crippen molar-refractivity contribution >= 4 is 22.6 Å². The van der Waals surface area contributed by atoms with E-state index in [0.29, 0.717) is 36.2 Å². The fourth-order valence-electron chi connectivity index (χ4n) is 4.41. The number of anilines is 2. The summed E-state index contributed by atoms with van der Waals surface area (Å²) >= 11 is 0. The Morgan fingerprint density at radius 2 is 1.71 bits per heavy atom. The number of pyridine rings is 1. The van der Waals surface area contributed by atoms with Crippen molar-refractivity contribution in [1.29, 1.82) is 0 Å². The molecular formula is C24H30F3N5O3. The van der Waals surface area contributed by atoms with Gasteiger partial charge in [0.15, 0.2) is 0 Å². The second-order valence-corrected chi connectivity index (χ2v) is 10.2. The van der Waals surface area contributed by atoms with E-state index in [1.165, 1.54) is 0 Å². The van der Waals surface area contributed by atoms with Crippen LogP contribution in [-0.2, 0) is 5.41 Å². The molecule has 35 heavy (non-hydrogen) atoms. The van der Waals surface area contributed by atoms with E-state index in [0.717, 1.165) is 16.5 Å². The van der Waals surface area contributed by atoms with Crippen LogP contribution in [0.4, 0.5) is 24.9 Å². The number of hydrogen-bond acceptors (Lipinski definition) is 8. The van der Waals surface area contributed by atoms with Crippen LogP contribution in [0.25, 0.3) is 22.5 Å². The van der Waals surface area contributed by atoms with Crippen molar-refractivity contribution in [2.24, 2.45) is 0 Å². The average molecular weight is 494 g/mol. The molecule has 190 valence electrons. The van der Waals surface area contributed by atoms with Crippen molar-refractivity contribution in [3.05, 3.63) is 29.3 Å². The first-order valence-corrected chi connectivity index (χ1v) is 11.5. The summed E-state index contributed by atoms with van der Waals surface area (Å²) in [6, 6.07) is 5.08. The monoisotopic (exact) mass is 493 g/mol. The summed E-state index contributed by atoms with van der Waals surface area (Å²) in [7, 11) is 0. The normalized spacial score (nSPS) is 21.3. The smallest absolute Gasteiger partial charge is 0.402 e. The SMILES string of the molecule is Cc1cc(-c2nnc(N[C@@H]3C[C@H](O)C[C@H](O)C3)o2)nc2c(C(C)(C)C)cc(NCC(F)(F)F)cc12. The highest BCUT2D eigenvalue weighted by atomic mass is 19.4. The maximum Gasteiger partial charge on any atom is 0.405 e. The molecular weight excluding hydrogens is 463 g/mol. The van der Waals surface area contributed by atoms with Gasteiger partial charge in [0.05, 0.1) is 17.7 Å². The van der Waals surface area contributed by atoms with E-state index in [1.807, 2.05) is 27.7 Å². The Kier molecular flexibility index (Phi) is 6.67. The van der Waals surface area contributed by atoms with Gasteiger partial charge in [0.25, 0.3) is 5.89 Å². The molecule has 1 aromatic carbocycles. The number of aliphatic hydroxyl groups excluding tert-OH is 2. The summed E-state index contributed by atoms with van der Waals surface area (Å²) in [6.07, 6.45) is -4.27. The highest BCUT2D eigenvalue weighted by molar-refractivity contribution is 5.90. The Labute approximate surface area is 201 Å². The largest absolute Gasteiger partial charge is 0.405 e. The fraction of sp³-hybridized carbons (Fsp3) is 0.542. The Morgan fingerprint density at radius 3 is 2.34 bits per heavy atom. The Morgan fingerprint density at radius 1 is 1.03 bits per heavy atom. The van der Waals surface area contributed by atoms with Crippen molar-refractivity contribution in [3.63, 3.8) is 0 Å². The molecule has 0 radical (unpaired) electrons. The number of nitrogens with zero attached hydrogens (tertiary/aromatic N) is 3. The number of alkyl halides is 3. The number of benzene rings is 1. The highest BCUT2D eigenvalue weighted by Gasteiger charge is 2.29. The van der Waals surface area contributed by atoms with Crippen LogP contribution < -0.4 is 10.6 Å². The molecule has 0 spiro atoms. The minimum Gasteiger partial charge on any atom is -0.402 e. The van der Waals surface area contributed by atoms with Crippen molar-refractivity contribution in [2.75, 3.05) is 17.2 Å². The Hall–Kier alpha value is -2.92. The minimum atomic E-state index is -4.33. The van der Waals surface area contributed by atoms with Crippen LogP contribution >= 0.6 is 0 Å². The van der Waals surface area contributed by atoms with E-state index in [9.17, 15) is 23.4 Å². The molecule has 4 N–H and O–H groups in total. The second-order valence-electron chi connectivity index (χ2n) is 10.2. The third-order valence-electron chi connectivity index (χ3n) is 6.05. The molecule has 1 aliphatic rings. The average Bonchev–Trinajstić information content (AvgIpc) is 3.18. The minimum absolute atomic E-state index is 0.161. The maximum absolute atomic E-state index is 12.8. The zero-order valence-electron chi connectivity index (χ0n) is 20.1. The van der Waals surface area contributed by atoms with Gasteiger partial charge in [-0.25, -0.2) is 4.98 Å². The van der Waals surface area contributed by atoms with E-state index in [4.69, 9.17) is 9.40 Å². The third kappa shape index (κ3) is 6.02. The van der Waals surface area contributed by atoms with Crippen LogP contribution in [0.2, 0.25) is 0 Å². The highest BCUT2D eigenvalue weighted by Crippen LogP contribution is 2.36. The lowest BCUT2D eigenvalue weighted by molar-refractivity contribution is -0.115. The van der Waals surface area contributed by atoms with Crippen molar-refractivity contribution in [1.82, 2.24) is 15.2 Å². The van der Waals surface area contributed by atoms with Gasteiger partial charge in [0.2, 0.25) is 0 Å². The first kappa shape index (κ1) is 25.2. The van der Waals surface area contributed by atoms with Gasteiger partial charge in [-0.05, 0) is 60.9 Å². The van der Waals surface area contributed by atoms with Crippen LogP contribution in [0.15, 0.2) is 22.6 Å². The fourth-order valence-corrected chi connectivity index (χ4v) is 4.41. The lowest BCUT2D eigenvalue weighted by atomic mass is 9.84. The van der Waals surface area contributed by atoms with Gasteiger partial charge < -0.3 is 25.3 Å². The number of aliphatic hydroxyl groups is 2. The number of nitrogens with one attached hydrogen (secondary N) is 2. The molecule has 2 heterocycles. The maximum atomic E-state index is 12.8. The molecule has 1 fully saturated rings. The number of hydrogen-bond donors (Lipinski definition) is 4. The quantitative estimate of drug-likeness (QED) is 0.409. The van der Waals surface area contributed by atoms with Gasteiger partial charge in [-0.15, -0.1) is 5.10 Å². The van der Waals surface area contributed by atoms with E-state index in [2.05, 4.69) is 20.8 Å². The molecule has 0 amide bonds. The number of halogens is 3. The van der Waals surface area contributed by atoms with Crippen LogP contribution in [0.1, 0.15) is 51.2 Å². The number of aryl methyl sites for hydroxylation is 1. The molecule has 1 aliphatic carbocycles. The summed E-state index contributed by atoms with van der Waals surface area (Å²) in [5.41, 5.74) is 2.66. The third-order valence-corrected chi connectivity index (χ3v) is 6.05. The van der Waals surface area contributed by atoms with Crippen LogP contribution in [-0.4, -0.2) is 56.4 Å². The Balaban J connectivity index is 1.67. The molecule has 2 aromatic heterocycles. The zero-order valence-corrected chi connectivity index (χ0v) is 20.1. The molecule has 4 rings (SSSR count).